The van der Waals surface area contributed by atoms with E-state index in [0.717, 1.165) is 12.8 Å². The highest BCUT2D eigenvalue weighted by Crippen LogP contribution is 2.40. The molecule has 166 valence electrons. The first-order valence-corrected chi connectivity index (χ1v) is 11.6. The van der Waals surface area contributed by atoms with Crippen LogP contribution in [0.15, 0.2) is 53.7 Å². The van der Waals surface area contributed by atoms with Crippen LogP contribution in [0.5, 0.6) is 5.75 Å². The lowest BCUT2D eigenvalue weighted by Crippen LogP contribution is -2.15. The Morgan fingerprint density at radius 1 is 1.19 bits per heavy atom. The summed E-state index contributed by atoms with van der Waals surface area (Å²) >= 11 is 7.57. The van der Waals surface area contributed by atoms with Crippen LogP contribution in [-0.4, -0.2) is 31.7 Å². The van der Waals surface area contributed by atoms with E-state index < -0.39 is 0 Å². The maximum absolute atomic E-state index is 12.9. The van der Waals surface area contributed by atoms with Crippen molar-refractivity contribution in [3.8, 4) is 5.75 Å². The normalized spacial score (nSPS) is 14.1. The summed E-state index contributed by atoms with van der Waals surface area (Å²) in [6, 6.07) is 14.5. The second kappa shape index (κ2) is 9.75. The Morgan fingerprint density at radius 3 is 2.56 bits per heavy atom. The summed E-state index contributed by atoms with van der Waals surface area (Å²) < 4.78 is 7.93. The Bertz CT molecular complexity index is 1130. The summed E-state index contributed by atoms with van der Waals surface area (Å²) in [6.07, 6.45) is 2.11. The van der Waals surface area contributed by atoms with E-state index in [2.05, 4.69) is 20.1 Å². The Kier molecular flexibility index (Phi) is 6.81. The second-order valence-corrected chi connectivity index (χ2v) is 9.32. The molecule has 1 atom stereocenters. The SMILES string of the molecule is CC(=O)Nc1ccc(C(=O)[C@H](C)Sc2nnc(COc3ccccc3Cl)n2C2CC2)cc1. The third kappa shape index (κ3) is 5.31. The zero-order chi connectivity index (χ0) is 22.7. The lowest BCUT2D eigenvalue weighted by molar-refractivity contribution is -0.114. The molecule has 7 nitrogen and oxygen atoms in total. The highest BCUT2D eigenvalue weighted by molar-refractivity contribution is 8.00. The minimum atomic E-state index is -0.347. The summed E-state index contributed by atoms with van der Waals surface area (Å²) in [5.41, 5.74) is 1.24. The fourth-order valence-corrected chi connectivity index (χ4v) is 4.46. The van der Waals surface area contributed by atoms with Crippen molar-refractivity contribution in [1.29, 1.82) is 0 Å². The van der Waals surface area contributed by atoms with Crippen LogP contribution in [0.4, 0.5) is 5.69 Å². The number of carbonyl (C=O) groups excluding carboxylic acids is 2. The molecule has 3 aromatic rings. The molecule has 0 spiro atoms. The molecule has 9 heteroatoms. The van der Waals surface area contributed by atoms with Gasteiger partial charge in [-0.25, -0.2) is 0 Å². The van der Waals surface area contributed by atoms with Gasteiger partial charge in [-0.05, 0) is 56.2 Å². The summed E-state index contributed by atoms with van der Waals surface area (Å²) in [6.45, 7) is 3.56. The Balaban J connectivity index is 1.45. The molecule has 1 fully saturated rings. The molecule has 2 aromatic carbocycles. The number of para-hydroxylation sites is 1. The van der Waals surface area contributed by atoms with Gasteiger partial charge in [0.15, 0.2) is 16.8 Å². The van der Waals surface area contributed by atoms with Crippen LogP contribution in [0.25, 0.3) is 0 Å². The van der Waals surface area contributed by atoms with Gasteiger partial charge in [0.2, 0.25) is 5.91 Å². The number of halogens is 1. The summed E-state index contributed by atoms with van der Waals surface area (Å²) in [5, 5.41) is 12.3. The minimum absolute atomic E-state index is 0.0106. The number of carbonyl (C=O) groups is 2. The third-order valence-corrected chi connectivity index (χ3v) is 6.35. The number of anilines is 1. The molecular formula is C23H23ClN4O3S. The molecule has 1 N–H and O–H groups in total. The van der Waals surface area contributed by atoms with Crippen molar-refractivity contribution in [3.05, 3.63) is 64.9 Å². The van der Waals surface area contributed by atoms with E-state index in [0.29, 0.717) is 39.0 Å². The van der Waals surface area contributed by atoms with Gasteiger partial charge < -0.3 is 10.1 Å². The molecule has 1 aromatic heterocycles. The van der Waals surface area contributed by atoms with Crippen LogP contribution >= 0.6 is 23.4 Å². The van der Waals surface area contributed by atoms with Crippen molar-refractivity contribution in [1.82, 2.24) is 14.8 Å². The van der Waals surface area contributed by atoms with E-state index in [4.69, 9.17) is 16.3 Å². The van der Waals surface area contributed by atoms with Crippen LogP contribution in [-0.2, 0) is 11.4 Å². The number of aromatic nitrogens is 3. The Labute approximate surface area is 195 Å². The Hall–Kier alpha value is -2.84. The Morgan fingerprint density at radius 2 is 1.91 bits per heavy atom. The first-order chi connectivity index (χ1) is 15.4. The first kappa shape index (κ1) is 22.4. The molecule has 1 saturated carbocycles. The van der Waals surface area contributed by atoms with Gasteiger partial charge in [-0.1, -0.05) is 35.5 Å². The van der Waals surface area contributed by atoms with Gasteiger partial charge in [0.05, 0.1) is 10.3 Å². The third-order valence-electron chi connectivity index (χ3n) is 4.98. The van der Waals surface area contributed by atoms with Crippen molar-refractivity contribution in [2.45, 2.75) is 49.7 Å². The number of thioether (sulfide) groups is 1. The molecule has 1 aliphatic carbocycles. The van der Waals surface area contributed by atoms with Crippen molar-refractivity contribution < 1.29 is 14.3 Å². The average molecular weight is 471 g/mol. The predicted octanol–water partition coefficient (Wildman–Crippen LogP) is 5.17. The van der Waals surface area contributed by atoms with Crippen molar-refractivity contribution in [2.75, 3.05) is 5.32 Å². The van der Waals surface area contributed by atoms with Gasteiger partial charge in [0.1, 0.15) is 12.4 Å². The standard InChI is InChI=1S/C23H23ClN4O3S/c1-14(22(30)16-7-9-17(10-8-16)25-15(2)29)32-23-27-26-21(28(23)18-11-12-18)13-31-20-6-4-3-5-19(20)24/h3-10,14,18H,11-13H2,1-2H3,(H,25,29)/t14-/m0/s1. The van der Waals surface area contributed by atoms with Crippen molar-refractivity contribution in [3.63, 3.8) is 0 Å². The minimum Gasteiger partial charge on any atom is -0.484 e. The van der Waals surface area contributed by atoms with Gasteiger partial charge >= 0.3 is 0 Å². The lowest BCUT2D eigenvalue weighted by atomic mass is 10.1. The monoisotopic (exact) mass is 470 g/mol. The smallest absolute Gasteiger partial charge is 0.221 e. The number of rotatable bonds is 9. The fraction of sp³-hybridized carbons (Fsp3) is 0.304. The number of benzene rings is 2. The number of amides is 1. The van der Waals surface area contributed by atoms with E-state index in [1.54, 1.807) is 30.3 Å². The number of ketones is 1. The van der Waals surface area contributed by atoms with Gasteiger partial charge in [0, 0.05) is 24.2 Å². The largest absolute Gasteiger partial charge is 0.484 e. The number of nitrogens with zero attached hydrogens (tertiary/aromatic N) is 3. The van der Waals surface area contributed by atoms with E-state index in [1.807, 2.05) is 25.1 Å². The zero-order valence-corrected chi connectivity index (χ0v) is 19.3. The fourth-order valence-electron chi connectivity index (χ4n) is 3.26. The molecule has 0 radical (unpaired) electrons. The lowest BCUT2D eigenvalue weighted by Gasteiger charge is -2.13. The summed E-state index contributed by atoms with van der Waals surface area (Å²) in [5.74, 6) is 1.15. The summed E-state index contributed by atoms with van der Waals surface area (Å²) in [4.78, 5) is 24.1. The van der Waals surface area contributed by atoms with Crippen LogP contribution in [0.1, 0.15) is 48.9 Å². The maximum atomic E-state index is 12.9. The van der Waals surface area contributed by atoms with E-state index in [1.165, 1.54) is 18.7 Å². The highest BCUT2D eigenvalue weighted by Gasteiger charge is 2.31. The van der Waals surface area contributed by atoms with Gasteiger partial charge in [-0.2, -0.15) is 0 Å². The number of nitrogens with one attached hydrogen (secondary N) is 1. The van der Waals surface area contributed by atoms with Gasteiger partial charge in [-0.3, -0.25) is 14.2 Å². The van der Waals surface area contributed by atoms with Crippen molar-refractivity contribution in [2.24, 2.45) is 0 Å². The van der Waals surface area contributed by atoms with Crippen LogP contribution in [0.3, 0.4) is 0 Å². The quantitative estimate of drug-likeness (QED) is 0.343. The van der Waals surface area contributed by atoms with Gasteiger partial charge in [-0.15, -0.1) is 10.2 Å². The predicted molar refractivity (Wildman–Crippen MR) is 124 cm³/mol. The van der Waals surface area contributed by atoms with Crippen molar-refractivity contribution >= 4 is 40.7 Å². The molecule has 0 saturated heterocycles. The van der Waals surface area contributed by atoms with Crippen LogP contribution < -0.4 is 10.1 Å². The van der Waals surface area contributed by atoms with E-state index in [9.17, 15) is 9.59 Å². The maximum Gasteiger partial charge on any atom is 0.221 e. The molecule has 0 aliphatic heterocycles. The zero-order valence-electron chi connectivity index (χ0n) is 17.7. The molecule has 4 rings (SSSR count). The highest BCUT2D eigenvalue weighted by atomic mass is 35.5. The molecule has 1 amide bonds. The molecule has 1 heterocycles. The molecule has 0 bridgehead atoms. The summed E-state index contributed by atoms with van der Waals surface area (Å²) in [7, 11) is 0. The number of hydrogen-bond donors (Lipinski definition) is 1. The second-order valence-electron chi connectivity index (χ2n) is 7.60. The number of hydrogen-bond acceptors (Lipinski definition) is 6. The van der Waals surface area contributed by atoms with E-state index in [-0.39, 0.29) is 23.5 Å². The average Bonchev–Trinajstić information content (AvgIpc) is 3.53. The molecular weight excluding hydrogens is 448 g/mol. The first-order valence-electron chi connectivity index (χ1n) is 10.3. The number of ether oxygens (including phenoxy) is 1. The number of Topliss-reactive ketones (excluding diaryl/α,β-unsaturated/α-hetero) is 1. The van der Waals surface area contributed by atoms with E-state index >= 15 is 0 Å². The topological polar surface area (TPSA) is 86.1 Å². The van der Waals surface area contributed by atoms with Gasteiger partial charge in [0.25, 0.3) is 0 Å². The van der Waals surface area contributed by atoms with Crippen LogP contribution in [0.2, 0.25) is 5.02 Å². The molecule has 1 aliphatic rings. The van der Waals surface area contributed by atoms with Crippen LogP contribution in [0, 0.1) is 0 Å². The molecule has 0 unspecified atom stereocenters. The molecule has 32 heavy (non-hydrogen) atoms.